The lowest BCUT2D eigenvalue weighted by atomic mass is 10.0. The van der Waals surface area contributed by atoms with Crippen molar-refractivity contribution >= 4 is 11.6 Å². The molecule has 5 heteroatoms. The van der Waals surface area contributed by atoms with E-state index in [1.807, 2.05) is 24.3 Å². The van der Waals surface area contributed by atoms with Crippen LogP contribution in [-0.4, -0.2) is 50.6 Å². The second-order valence-electron chi connectivity index (χ2n) is 5.54. The Kier molecular flexibility index (Phi) is 6.02. The summed E-state index contributed by atoms with van der Waals surface area (Å²) in [4.78, 5) is 14.2. The summed E-state index contributed by atoms with van der Waals surface area (Å²) in [7, 11) is 3.78. The van der Waals surface area contributed by atoms with Gasteiger partial charge in [0.2, 0.25) is 5.91 Å². The highest BCUT2D eigenvalue weighted by Gasteiger charge is 2.18. The summed E-state index contributed by atoms with van der Waals surface area (Å²) in [5.41, 5.74) is 0.789. The van der Waals surface area contributed by atoms with E-state index in [0.29, 0.717) is 12.6 Å². The fraction of sp³-hybridized carbons (Fsp3) is 0.562. The van der Waals surface area contributed by atoms with E-state index in [0.717, 1.165) is 24.5 Å². The second kappa shape index (κ2) is 8.00. The van der Waals surface area contributed by atoms with Gasteiger partial charge in [-0.1, -0.05) is 6.42 Å². The van der Waals surface area contributed by atoms with Gasteiger partial charge in [-0.15, -0.1) is 0 Å². The minimum atomic E-state index is -0.0152. The first-order chi connectivity index (χ1) is 10.2. The molecule has 5 nitrogen and oxygen atoms in total. The highest BCUT2D eigenvalue weighted by molar-refractivity contribution is 5.92. The van der Waals surface area contributed by atoms with Crippen molar-refractivity contribution in [1.82, 2.24) is 10.2 Å². The molecule has 0 radical (unpaired) electrons. The first kappa shape index (κ1) is 15.8. The monoisotopic (exact) mass is 291 g/mol. The largest absolute Gasteiger partial charge is 0.497 e. The van der Waals surface area contributed by atoms with E-state index in [-0.39, 0.29) is 5.91 Å². The van der Waals surface area contributed by atoms with E-state index in [9.17, 15) is 4.79 Å². The number of ether oxygens (including phenoxy) is 1. The number of rotatable bonds is 6. The van der Waals surface area contributed by atoms with Crippen molar-refractivity contribution in [2.75, 3.05) is 39.1 Å². The highest BCUT2D eigenvalue weighted by Crippen LogP contribution is 2.15. The molecule has 1 saturated heterocycles. The molecule has 1 aliphatic heterocycles. The SMILES string of the molecule is COc1ccc(NC(=O)CNCC2CCCCN2C)cc1. The van der Waals surface area contributed by atoms with Crippen molar-refractivity contribution < 1.29 is 9.53 Å². The van der Waals surface area contributed by atoms with Crippen LogP contribution in [0.25, 0.3) is 0 Å². The lowest BCUT2D eigenvalue weighted by Crippen LogP contribution is -2.44. The molecule has 0 spiro atoms. The Morgan fingerprint density at radius 2 is 2.10 bits per heavy atom. The van der Waals surface area contributed by atoms with Crippen LogP contribution in [-0.2, 0) is 4.79 Å². The molecular formula is C16H25N3O2. The van der Waals surface area contributed by atoms with Gasteiger partial charge in [-0.25, -0.2) is 0 Å². The van der Waals surface area contributed by atoms with Gasteiger partial charge in [0.15, 0.2) is 0 Å². The number of hydrogen-bond donors (Lipinski definition) is 2. The minimum absolute atomic E-state index is 0.0152. The predicted octanol–water partition coefficient (Wildman–Crippen LogP) is 1.71. The van der Waals surface area contributed by atoms with E-state index < -0.39 is 0 Å². The molecule has 21 heavy (non-hydrogen) atoms. The third-order valence-electron chi connectivity index (χ3n) is 3.96. The van der Waals surface area contributed by atoms with Crippen molar-refractivity contribution in [3.63, 3.8) is 0 Å². The molecule has 2 N–H and O–H groups in total. The van der Waals surface area contributed by atoms with Gasteiger partial charge in [0.1, 0.15) is 5.75 Å². The van der Waals surface area contributed by atoms with Gasteiger partial charge >= 0.3 is 0 Å². The van der Waals surface area contributed by atoms with Crippen LogP contribution in [0, 0.1) is 0 Å². The Balaban J connectivity index is 1.69. The van der Waals surface area contributed by atoms with Crippen molar-refractivity contribution in [3.05, 3.63) is 24.3 Å². The van der Waals surface area contributed by atoms with Crippen LogP contribution in [0.1, 0.15) is 19.3 Å². The Morgan fingerprint density at radius 1 is 1.33 bits per heavy atom. The maximum absolute atomic E-state index is 11.9. The number of nitrogens with one attached hydrogen (secondary N) is 2. The van der Waals surface area contributed by atoms with Gasteiger partial charge in [0, 0.05) is 18.3 Å². The molecule has 2 rings (SSSR count). The van der Waals surface area contributed by atoms with E-state index in [1.54, 1.807) is 7.11 Å². The maximum Gasteiger partial charge on any atom is 0.238 e. The second-order valence-corrected chi connectivity index (χ2v) is 5.54. The van der Waals surface area contributed by atoms with Crippen molar-refractivity contribution in [2.45, 2.75) is 25.3 Å². The summed E-state index contributed by atoms with van der Waals surface area (Å²) in [5, 5.41) is 6.12. The Morgan fingerprint density at radius 3 is 2.76 bits per heavy atom. The molecule has 1 atom stereocenters. The molecule has 116 valence electrons. The number of carbonyl (C=O) groups is 1. The number of benzene rings is 1. The van der Waals surface area contributed by atoms with Gasteiger partial charge < -0.3 is 20.3 Å². The Hall–Kier alpha value is -1.59. The predicted molar refractivity (Wildman–Crippen MR) is 84.8 cm³/mol. The van der Waals surface area contributed by atoms with E-state index in [4.69, 9.17) is 4.74 Å². The minimum Gasteiger partial charge on any atom is -0.497 e. The molecule has 1 fully saturated rings. The van der Waals surface area contributed by atoms with Crippen LogP contribution in [0.15, 0.2) is 24.3 Å². The van der Waals surface area contributed by atoms with Gasteiger partial charge in [-0.3, -0.25) is 4.79 Å². The zero-order valence-corrected chi connectivity index (χ0v) is 12.9. The number of piperidine rings is 1. The first-order valence-electron chi connectivity index (χ1n) is 7.54. The van der Waals surface area contributed by atoms with Crippen LogP contribution in [0.4, 0.5) is 5.69 Å². The average Bonchev–Trinajstić information content (AvgIpc) is 2.50. The topological polar surface area (TPSA) is 53.6 Å². The zero-order valence-electron chi connectivity index (χ0n) is 12.9. The number of anilines is 1. The number of nitrogens with zero attached hydrogens (tertiary/aromatic N) is 1. The number of likely N-dealkylation sites (tertiary alicyclic amines) is 1. The smallest absolute Gasteiger partial charge is 0.238 e. The zero-order chi connectivity index (χ0) is 15.1. The fourth-order valence-electron chi connectivity index (χ4n) is 2.63. The molecular weight excluding hydrogens is 266 g/mol. The molecule has 0 aliphatic carbocycles. The number of carbonyl (C=O) groups excluding carboxylic acids is 1. The Bertz CT molecular complexity index is 447. The molecule has 1 aromatic carbocycles. The van der Waals surface area contributed by atoms with E-state index >= 15 is 0 Å². The van der Waals surface area contributed by atoms with Crippen molar-refractivity contribution in [1.29, 1.82) is 0 Å². The average molecular weight is 291 g/mol. The molecule has 0 saturated carbocycles. The summed E-state index contributed by atoms with van der Waals surface area (Å²) in [6.45, 7) is 2.37. The molecule has 1 aliphatic rings. The summed E-state index contributed by atoms with van der Waals surface area (Å²) in [6.07, 6.45) is 3.78. The van der Waals surface area contributed by atoms with Crippen LogP contribution < -0.4 is 15.4 Å². The van der Waals surface area contributed by atoms with Crippen molar-refractivity contribution in [3.8, 4) is 5.75 Å². The fourth-order valence-corrected chi connectivity index (χ4v) is 2.63. The molecule has 0 bridgehead atoms. The normalized spacial score (nSPS) is 19.2. The van der Waals surface area contributed by atoms with Crippen LogP contribution >= 0.6 is 0 Å². The maximum atomic E-state index is 11.9. The quantitative estimate of drug-likeness (QED) is 0.838. The number of amides is 1. The summed E-state index contributed by atoms with van der Waals surface area (Å²) < 4.78 is 5.09. The molecule has 1 unspecified atom stereocenters. The summed E-state index contributed by atoms with van der Waals surface area (Å²) in [6, 6.07) is 7.89. The highest BCUT2D eigenvalue weighted by atomic mass is 16.5. The molecule has 1 aromatic rings. The standard InChI is InChI=1S/C16H25N3O2/c1-19-10-4-3-5-14(19)11-17-12-16(20)18-13-6-8-15(21-2)9-7-13/h6-9,14,17H,3-5,10-12H2,1-2H3,(H,18,20). The van der Waals surface area contributed by atoms with E-state index in [2.05, 4.69) is 22.6 Å². The third kappa shape index (κ3) is 5.02. The number of methoxy groups -OCH3 is 1. The van der Waals surface area contributed by atoms with Gasteiger partial charge in [-0.2, -0.15) is 0 Å². The summed E-state index contributed by atoms with van der Waals surface area (Å²) >= 11 is 0. The third-order valence-corrected chi connectivity index (χ3v) is 3.96. The van der Waals surface area contributed by atoms with Crippen LogP contribution in [0.5, 0.6) is 5.75 Å². The Labute approximate surface area is 126 Å². The van der Waals surface area contributed by atoms with E-state index in [1.165, 1.54) is 19.3 Å². The van der Waals surface area contributed by atoms with Crippen LogP contribution in [0.2, 0.25) is 0 Å². The summed E-state index contributed by atoms with van der Waals surface area (Å²) in [5.74, 6) is 0.769. The molecule has 0 aromatic heterocycles. The van der Waals surface area contributed by atoms with Crippen molar-refractivity contribution in [2.24, 2.45) is 0 Å². The molecule has 1 heterocycles. The molecule has 1 amide bonds. The van der Waals surface area contributed by atoms with Gasteiger partial charge in [0.05, 0.1) is 13.7 Å². The number of hydrogen-bond acceptors (Lipinski definition) is 4. The first-order valence-corrected chi connectivity index (χ1v) is 7.54. The van der Waals surface area contributed by atoms with Crippen LogP contribution in [0.3, 0.4) is 0 Å². The lowest BCUT2D eigenvalue weighted by molar-refractivity contribution is -0.115. The number of likely N-dealkylation sites (N-methyl/N-ethyl adjacent to an activating group) is 1. The lowest BCUT2D eigenvalue weighted by Gasteiger charge is -2.32. The van der Waals surface area contributed by atoms with Gasteiger partial charge in [-0.05, 0) is 50.7 Å². The van der Waals surface area contributed by atoms with Gasteiger partial charge in [0.25, 0.3) is 0 Å².